The highest BCUT2D eigenvalue weighted by atomic mass is 35.5. The SMILES string of the molecule is COc1ccccc1CNC(=O)C(=O)NCCc1cccc(Cl)c1. The average molecular weight is 347 g/mol. The van der Waals surface area contributed by atoms with Gasteiger partial charge < -0.3 is 15.4 Å². The molecule has 2 aromatic carbocycles. The number of ether oxygens (including phenoxy) is 1. The molecule has 2 aromatic rings. The number of nitrogens with one attached hydrogen (secondary N) is 2. The Hall–Kier alpha value is -2.53. The second kappa shape index (κ2) is 8.93. The van der Waals surface area contributed by atoms with Crippen LogP contribution in [-0.2, 0) is 22.6 Å². The van der Waals surface area contributed by atoms with E-state index in [1.807, 2.05) is 36.4 Å². The number of para-hydroxylation sites is 1. The minimum atomic E-state index is -0.674. The molecular weight excluding hydrogens is 328 g/mol. The van der Waals surface area contributed by atoms with Crippen LogP contribution in [0, 0.1) is 0 Å². The van der Waals surface area contributed by atoms with E-state index in [1.165, 1.54) is 0 Å². The van der Waals surface area contributed by atoms with Gasteiger partial charge in [-0.2, -0.15) is 0 Å². The van der Waals surface area contributed by atoms with Gasteiger partial charge in [-0.1, -0.05) is 41.9 Å². The number of hydrogen-bond donors (Lipinski definition) is 2. The van der Waals surface area contributed by atoms with Gasteiger partial charge in [0.2, 0.25) is 0 Å². The van der Waals surface area contributed by atoms with E-state index in [1.54, 1.807) is 19.2 Å². The molecule has 0 aliphatic rings. The summed E-state index contributed by atoms with van der Waals surface area (Å²) in [5.74, 6) is -0.668. The third kappa shape index (κ3) is 5.28. The van der Waals surface area contributed by atoms with E-state index in [0.717, 1.165) is 11.1 Å². The van der Waals surface area contributed by atoms with Crippen molar-refractivity contribution in [3.8, 4) is 5.75 Å². The van der Waals surface area contributed by atoms with Gasteiger partial charge in [0.05, 0.1) is 7.11 Å². The molecule has 126 valence electrons. The van der Waals surface area contributed by atoms with Crippen LogP contribution in [0.2, 0.25) is 5.02 Å². The third-order valence-corrected chi connectivity index (χ3v) is 3.66. The number of carbonyl (C=O) groups is 2. The molecule has 2 amide bonds. The molecule has 0 atom stereocenters. The highest BCUT2D eigenvalue weighted by Crippen LogP contribution is 2.16. The summed E-state index contributed by atoms with van der Waals surface area (Å²) in [6, 6.07) is 14.7. The summed E-state index contributed by atoms with van der Waals surface area (Å²) in [4.78, 5) is 23.6. The lowest BCUT2D eigenvalue weighted by atomic mass is 10.1. The van der Waals surface area contributed by atoms with E-state index in [-0.39, 0.29) is 6.54 Å². The summed E-state index contributed by atoms with van der Waals surface area (Å²) in [5.41, 5.74) is 1.80. The van der Waals surface area contributed by atoms with Gasteiger partial charge in [0.1, 0.15) is 5.75 Å². The van der Waals surface area contributed by atoms with Crippen LogP contribution in [0.25, 0.3) is 0 Å². The summed E-state index contributed by atoms with van der Waals surface area (Å²) < 4.78 is 5.20. The van der Waals surface area contributed by atoms with Crippen molar-refractivity contribution in [2.24, 2.45) is 0 Å². The number of carbonyl (C=O) groups excluding carboxylic acids is 2. The Kier molecular flexibility index (Phi) is 6.63. The zero-order valence-corrected chi connectivity index (χ0v) is 14.1. The first-order valence-electron chi connectivity index (χ1n) is 7.52. The van der Waals surface area contributed by atoms with Crippen molar-refractivity contribution in [3.05, 3.63) is 64.7 Å². The molecule has 0 radical (unpaired) electrons. The largest absolute Gasteiger partial charge is 0.496 e. The highest BCUT2D eigenvalue weighted by Gasteiger charge is 2.13. The van der Waals surface area contributed by atoms with E-state index >= 15 is 0 Å². The minimum Gasteiger partial charge on any atom is -0.496 e. The standard InChI is InChI=1S/C18H19ClN2O3/c1-24-16-8-3-2-6-14(16)12-21-18(23)17(22)20-10-9-13-5-4-7-15(19)11-13/h2-8,11H,9-10,12H2,1H3,(H,20,22)(H,21,23). The van der Waals surface area contributed by atoms with E-state index in [9.17, 15) is 9.59 Å². The predicted octanol–water partition coefficient (Wildman–Crippen LogP) is 2.32. The highest BCUT2D eigenvalue weighted by molar-refractivity contribution is 6.35. The maximum absolute atomic E-state index is 11.8. The number of rotatable bonds is 6. The van der Waals surface area contributed by atoms with Crippen molar-refractivity contribution in [1.29, 1.82) is 0 Å². The van der Waals surface area contributed by atoms with E-state index in [4.69, 9.17) is 16.3 Å². The number of methoxy groups -OCH3 is 1. The molecule has 6 heteroatoms. The molecule has 0 heterocycles. The van der Waals surface area contributed by atoms with Crippen LogP contribution in [-0.4, -0.2) is 25.5 Å². The van der Waals surface area contributed by atoms with Gasteiger partial charge in [0.15, 0.2) is 0 Å². The lowest BCUT2D eigenvalue weighted by molar-refractivity contribution is -0.139. The van der Waals surface area contributed by atoms with Gasteiger partial charge in [-0.05, 0) is 30.2 Å². The Labute approximate surface area is 146 Å². The molecule has 0 unspecified atom stereocenters. The molecule has 2 N–H and O–H groups in total. The molecule has 0 bridgehead atoms. The van der Waals surface area contributed by atoms with E-state index in [0.29, 0.717) is 23.7 Å². The zero-order valence-electron chi connectivity index (χ0n) is 13.3. The monoisotopic (exact) mass is 346 g/mol. The van der Waals surface area contributed by atoms with Crippen LogP contribution >= 0.6 is 11.6 Å². The molecule has 0 spiro atoms. The molecule has 0 fully saturated rings. The fraction of sp³-hybridized carbons (Fsp3) is 0.222. The van der Waals surface area contributed by atoms with Crippen LogP contribution < -0.4 is 15.4 Å². The number of amides is 2. The molecule has 0 aliphatic heterocycles. The number of benzene rings is 2. The summed E-state index contributed by atoms with van der Waals surface area (Å²) in [6.45, 7) is 0.589. The number of hydrogen-bond acceptors (Lipinski definition) is 3. The molecule has 0 saturated carbocycles. The topological polar surface area (TPSA) is 67.4 Å². The van der Waals surface area contributed by atoms with Gasteiger partial charge in [0, 0.05) is 23.7 Å². The molecular formula is C18H19ClN2O3. The van der Waals surface area contributed by atoms with E-state index < -0.39 is 11.8 Å². The van der Waals surface area contributed by atoms with Crippen molar-refractivity contribution in [2.75, 3.05) is 13.7 Å². The maximum atomic E-state index is 11.8. The van der Waals surface area contributed by atoms with Gasteiger partial charge in [-0.15, -0.1) is 0 Å². The van der Waals surface area contributed by atoms with Crippen LogP contribution in [0.1, 0.15) is 11.1 Å². The van der Waals surface area contributed by atoms with Crippen molar-refractivity contribution < 1.29 is 14.3 Å². The minimum absolute atomic E-state index is 0.227. The Bertz CT molecular complexity index is 719. The molecule has 0 aliphatic carbocycles. The molecule has 0 aromatic heterocycles. The van der Waals surface area contributed by atoms with Crippen molar-refractivity contribution >= 4 is 23.4 Å². The Morgan fingerprint density at radius 1 is 1.04 bits per heavy atom. The fourth-order valence-corrected chi connectivity index (χ4v) is 2.41. The summed E-state index contributed by atoms with van der Waals surface area (Å²) >= 11 is 5.90. The van der Waals surface area contributed by atoms with Crippen LogP contribution in [0.4, 0.5) is 0 Å². The lowest BCUT2D eigenvalue weighted by Gasteiger charge is -2.09. The Balaban J connectivity index is 1.77. The van der Waals surface area contributed by atoms with Gasteiger partial charge >= 0.3 is 11.8 Å². The first-order valence-corrected chi connectivity index (χ1v) is 7.90. The third-order valence-electron chi connectivity index (χ3n) is 3.43. The summed E-state index contributed by atoms with van der Waals surface area (Å²) in [6.07, 6.45) is 0.603. The Morgan fingerprint density at radius 2 is 1.79 bits per heavy atom. The molecule has 2 rings (SSSR count). The van der Waals surface area contributed by atoms with Gasteiger partial charge in [-0.25, -0.2) is 0 Å². The van der Waals surface area contributed by atoms with Crippen molar-refractivity contribution in [2.45, 2.75) is 13.0 Å². The molecule has 5 nitrogen and oxygen atoms in total. The van der Waals surface area contributed by atoms with Gasteiger partial charge in [0.25, 0.3) is 0 Å². The van der Waals surface area contributed by atoms with E-state index in [2.05, 4.69) is 10.6 Å². The van der Waals surface area contributed by atoms with Crippen molar-refractivity contribution in [1.82, 2.24) is 10.6 Å². The second-order valence-corrected chi connectivity index (χ2v) is 5.57. The fourth-order valence-electron chi connectivity index (χ4n) is 2.20. The molecule has 24 heavy (non-hydrogen) atoms. The van der Waals surface area contributed by atoms with Crippen molar-refractivity contribution in [3.63, 3.8) is 0 Å². The quantitative estimate of drug-likeness (QED) is 0.789. The van der Waals surface area contributed by atoms with Crippen LogP contribution in [0.3, 0.4) is 0 Å². The summed E-state index contributed by atoms with van der Waals surface area (Å²) in [7, 11) is 1.56. The maximum Gasteiger partial charge on any atom is 0.309 e. The first kappa shape index (κ1) is 17.8. The normalized spacial score (nSPS) is 10.1. The van der Waals surface area contributed by atoms with Crippen LogP contribution in [0.15, 0.2) is 48.5 Å². The van der Waals surface area contributed by atoms with Crippen LogP contribution in [0.5, 0.6) is 5.75 Å². The second-order valence-electron chi connectivity index (χ2n) is 5.13. The summed E-state index contributed by atoms with van der Waals surface area (Å²) in [5, 5.41) is 5.82. The molecule has 0 saturated heterocycles. The predicted molar refractivity (Wildman–Crippen MR) is 93.0 cm³/mol. The lowest BCUT2D eigenvalue weighted by Crippen LogP contribution is -2.40. The average Bonchev–Trinajstić information content (AvgIpc) is 2.59. The first-order chi connectivity index (χ1) is 11.6. The smallest absolute Gasteiger partial charge is 0.309 e. The number of halogens is 1. The van der Waals surface area contributed by atoms with Gasteiger partial charge in [-0.3, -0.25) is 9.59 Å². The zero-order chi connectivity index (χ0) is 17.4. The Morgan fingerprint density at radius 3 is 2.54 bits per heavy atom.